The average Bonchev–Trinajstić information content (AvgIpc) is 2.67. The van der Waals surface area contributed by atoms with Gasteiger partial charge in [-0.3, -0.25) is 19.8 Å². The monoisotopic (exact) mass is 431 g/mol. The maximum Gasteiger partial charge on any atom is 0.331 e. The van der Waals surface area contributed by atoms with Gasteiger partial charge in [-0.25, -0.2) is 4.79 Å². The Morgan fingerprint density at radius 1 is 1.71 bits per heavy atom. The number of halogens is 1. The number of aromatic amines is 1. The van der Waals surface area contributed by atoms with Gasteiger partial charge in [-0.05, 0) is 29.5 Å². The first-order chi connectivity index (χ1) is 9.73. The highest BCUT2D eigenvalue weighted by Crippen LogP contribution is 2.40. The molecule has 1 fully saturated rings. The van der Waals surface area contributed by atoms with Gasteiger partial charge in [-0.1, -0.05) is 0 Å². The lowest BCUT2D eigenvalue weighted by Gasteiger charge is -2.25. The molecule has 4 atom stereocenters. The smallest absolute Gasteiger partial charge is 0.331 e. The number of ether oxygens (including phenoxy) is 1. The molecule has 1 aromatic rings. The Balaban J connectivity index is 2.26. The van der Waals surface area contributed by atoms with Crippen molar-refractivity contribution in [1.29, 1.82) is 0 Å². The van der Waals surface area contributed by atoms with Crippen LogP contribution in [0.25, 0.3) is 0 Å². The average molecular weight is 431 g/mol. The Morgan fingerprint density at radius 2 is 2.38 bits per heavy atom. The SMILES string of the molecule is Cc1cn([C@@]2(I)C[C@H](O)[C@@H](COP(N)O)O2)c(=O)[nH]c1=O. The van der Waals surface area contributed by atoms with Crippen LogP contribution in [0.5, 0.6) is 0 Å². The third kappa shape index (κ3) is 3.70. The molecule has 0 saturated carbocycles. The summed E-state index contributed by atoms with van der Waals surface area (Å²) < 4.78 is 10.6. The fraction of sp³-hybridized carbons (Fsp3) is 0.600. The number of hydrogen-bond acceptors (Lipinski definition) is 7. The van der Waals surface area contributed by atoms with E-state index >= 15 is 0 Å². The van der Waals surface area contributed by atoms with Crippen LogP contribution in [0.4, 0.5) is 0 Å². The molecule has 2 rings (SSSR count). The van der Waals surface area contributed by atoms with Gasteiger partial charge >= 0.3 is 5.69 Å². The van der Waals surface area contributed by atoms with E-state index < -0.39 is 35.7 Å². The largest absolute Gasteiger partial charge is 0.390 e. The van der Waals surface area contributed by atoms with E-state index in [-0.39, 0.29) is 13.0 Å². The molecule has 21 heavy (non-hydrogen) atoms. The van der Waals surface area contributed by atoms with Crippen molar-refractivity contribution in [2.75, 3.05) is 6.61 Å². The first-order valence-corrected chi connectivity index (χ1v) is 8.33. The van der Waals surface area contributed by atoms with Gasteiger partial charge in [0.1, 0.15) is 6.10 Å². The molecule has 118 valence electrons. The number of nitrogens with two attached hydrogens (primary N) is 1. The molecule has 0 amide bonds. The van der Waals surface area contributed by atoms with Crippen molar-refractivity contribution >= 4 is 31.1 Å². The Morgan fingerprint density at radius 3 is 3.00 bits per heavy atom. The third-order valence-corrected chi connectivity index (χ3v) is 4.70. The molecule has 9 nitrogen and oxygen atoms in total. The van der Waals surface area contributed by atoms with Crippen LogP contribution in [0.3, 0.4) is 0 Å². The van der Waals surface area contributed by atoms with E-state index in [0.29, 0.717) is 5.56 Å². The quantitative estimate of drug-likeness (QED) is 0.279. The predicted molar refractivity (Wildman–Crippen MR) is 82.8 cm³/mol. The summed E-state index contributed by atoms with van der Waals surface area (Å²) in [6.45, 7) is 1.47. The Labute approximate surface area is 134 Å². The summed E-state index contributed by atoms with van der Waals surface area (Å²) in [6, 6.07) is 0. The van der Waals surface area contributed by atoms with Gasteiger partial charge in [0.2, 0.25) is 12.3 Å². The molecule has 0 bridgehead atoms. The van der Waals surface area contributed by atoms with Crippen LogP contribution in [0, 0.1) is 6.92 Å². The highest BCUT2D eigenvalue weighted by Gasteiger charge is 2.46. The number of aromatic nitrogens is 2. The summed E-state index contributed by atoms with van der Waals surface area (Å²) in [7, 11) is -2.05. The maximum atomic E-state index is 11.9. The molecule has 5 N–H and O–H groups in total. The second-order valence-electron chi connectivity index (χ2n) is 4.66. The molecule has 1 aliphatic heterocycles. The van der Waals surface area contributed by atoms with E-state index in [0.717, 1.165) is 0 Å². The minimum absolute atomic E-state index is 0.0955. The predicted octanol–water partition coefficient (Wildman–Crippen LogP) is -0.765. The molecule has 1 saturated heterocycles. The Hall–Kier alpha value is -0.360. The van der Waals surface area contributed by atoms with Gasteiger partial charge < -0.3 is 19.3 Å². The zero-order valence-corrected chi connectivity index (χ0v) is 14.1. The lowest BCUT2D eigenvalue weighted by atomic mass is 10.2. The normalized spacial score (nSPS) is 30.5. The number of hydrogen-bond donors (Lipinski definition) is 4. The number of alkyl halides is 1. The van der Waals surface area contributed by atoms with Gasteiger partial charge in [0.15, 0.2) is 0 Å². The number of H-pyrrole nitrogens is 1. The van der Waals surface area contributed by atoms with Crippen LogP contribution in [0.1, 0.15) is 12.0 Å². The molecule has 1 unspecified atom stereocenters. The Kier molecular flexibility index (Phi) is 5.19. The summed E-state index contributed by atoms with van der Waals surface area (Å²) in [5.41, 5.74) is 4.37. The van der Waals surface area contributed by atoms with Gasteiger partial charge in [0, 0.05) is 18.2 Å². The standard InChI is InChI=1S/C10H15IN3O6P/c1-5-3-14(9(17)13-8(5)16)10(11)2-6(15)7(20-10)4-19-21(12)18/h3,6-7,15,18H,2,4,12H2,1H3,(H,13,16,17)/t6-,7+,10-,21?/m0/s1. The number of nitrogens with one attached hydrogen (secondary N) is 1. The minimum atomic E-state index is -2.05. The first-order valence-electron chi connectivity index (χ1n) is 5.97. The van der Waals surface area contributed by atoms with E-state index in [1.165, 1.54) is 10.8 Å². The van der Waals surface area contributed by atoms with Crippen molar-refractivity contribution in [3.63, 3.8) is 0 Å². The van der Waals surface area contributed by atoms with Crippen molar-refractivity contribution in [2.45, 2.75) is 29.3 Å². The zero-order chi connectivity index (χ0) is 15.8. The van der Waals surface area contributed by atoms with Crippen LogP contribution >= 0.6 is 31.1 Å². The number of rotatable bonds is 4. The number of aliphatic hydroxyl groups is 1. The van der Waals surface area contributed by atoms with E-state index in [1.54, 1.807) is 6.92 Å². The van der Waals surface area contributed by atoms with Gasteiger partial charge in [0.25, 0.3) is 5.56 Å². The molecular formula is C10H15IN3O6P. The summed E-state index contributed by atoms with van der Waals surface area (Å²) in [5.74, 6) is 0. The first kappa shape index (κ1) is 17.0. The van der Waals surface area contributed by atoms with Gasteiger partial charge in [-0.2, -0.15) is 0 Å². The van der Waals surface area contributed by atoms with Crippen molar-refractivity contribution in [3.8, 4) is 0 Å². The zero-order valence-electron chi connectivity index (χ0n) is 11.0. The van der Waals surface area contributed by atoms with Crippen molar-refractivity contribution in [3.05, 3.63) is 32.6 Å². The van der Waals surface area contributed by atoms with Crippen LogP contribution in [-0.2, 0) is 13.0 Å². The highest BCUT2D eigenvalue weighted by molar-refractivity contribution is 14.1. The van der Waals surface area contributed by atoms with Crippen molar-refractivity contribution in [1.82, 2.24) is 9.55 Å². The lowest BCUT2D eigenvalue weighted by Crippen LogP contribution is -2.41. The molecule has 0 aliphatic carbocycles. The maximum absolute atomic E-state index is 11.9. The van der Waals surface area contributed by atoms with E-state index in [4.69, 9.17) is 19.7 Å². The Bertz CT molecular complexity index is 634. The molecule has 2 heterocycles. The van der Waals surface area contributed by atoms with Gasteiger partial charge in [0.05, 0.1) is 12.7 Å². The fourth-order valence-corrected chi connectivity index (χ4v) is 3.45. The van der Waals surface area contributed by atoms with E-state index in [9.17, 15) is 14.7 Å². The summed E-state index contributed by atoms with van der Waals surface area (Å²) in [5, 5.41) is 10.0. The fourth-order valence-electron chi connectivity index (χ4n) is 2.01. The van der Waals surface area contributed by atoms with Crippen LogP contribution < -0.4 is 16.8 Å². The number of aliphatic hydroxyl groups excluding tert-OH is 1. The molecule has 0 spiro atoms. The second-order valence-corrected chi connectivity index (χ2v) is 7.21. The highest BCUT2D eigenvalue weighted by atomic mass is 127. The van der Waals surface area contributed by atoms with Crippen LogP contribution in [0.15, 0.2) is 15.8 Å². The summed E-state index contributed by atoms with van der Waals surface area (Å²) >= 11 is 1.89. The molecule has 1 aliphatic rings. The van der Waals surface area contributed by atoms with Gasteiger partial charge in [-0.15, -0.1) is 0 Å². The summed E-state index contributed by atoms with van der Waals surface area (Å²) in [6.07, 6.45) is -0.121. The molecule has 1 aromatic heterocycles. The molecule has 0 radical (unpaired) electrons. The van der Waals surface area contributed by atoms with Crippen LogP contribution in [-0.4, -0.2) is 38.4 Å². The van der Waals surface area contributed by atoms with E-state index in [1.807, 2.05) is 22.6 Å². The second kappa shape index (κ2) is 6.41. The third-order valence-electron chi connectivity index (χ3n) is 3.07. The van der Waals surface area contributed by atoms with Crippen molar-refractivity contribution < 1.29 is 19.3 Å². The number of nitrogens with zero attached hydrogens (tertiary/aromatic N) is 1. The topological polar surface area (TPSA) is 140 Å². The molecule has 11 heteroatoms. The number of aryl methyl sites for hydroxylation is 1. The summed E-state index contributed by atoms with van der Waals surface area (Å²) in [4.78, 5) is 34.4. The van der Waals surface area contributed by atoms with E-state index in [2.05, 4.69) is 4.98 Å². The lowest BCUT2D eigenvalue weighted by molar-refractivity contribution is -0.0506. The van der Waals surface area contributed by atoms with Crippen LogP contribution in [0.2, 0.25) is 0 Å². The van der Waals surface area contributed by atoms with Crippen molar-refractivity contribution in [2.24, 2.45) is 5.50 Å². The minimum Gasteiger partial charge on any atom is -0.390 e. The molecular weight excluding hydrogens is 416 g/mol. The molecule has 0 aromatic carbocycles.